The van der Waals surface area contributed by atoms with Crippen molar-refractivity contribution in [2.24, 2.45) is 5.92 Å². The molecule has 0 unspecified atom stereocenters. The molecular formula is C11H20BF3KNO2. The van der Waals surface area contributed by atoms with Crippen LogP contribution in [0.2, 0.25) is 0 Å². The molecule has 0 aromatic heterocycles. The molecule has 0 N–H and O–H groups in total. The predicted octanol–water partition coefficient (Wildman–Crippen LogP) is -0.285. The molecule has 0 aliphatic carbocycles. The van der Waals surface area contributed by atoms with Crippen LogP contribution in [0.4, 0.5) is 12.9 Å². The Labute approximate surface area is 156 Å². The summed E-state index contributed by atoms with van der Waals surface area (Å²) < 4.78 is 34.3. The van der Waals surface area contributed by atoms with E-state index in [1.165, 1.54) is 0 Å². The van der Waals surface area contributed by atoms with Gasteiger partial charge < -0.3 is 9.64 Å². The zero-order valence-electron chi connectivity index (χ0n) is 12.1. The first-order chi connectivity index (χ1) is 8.11. The van der Waals surface area contributed by atoms with Crippen LogP contribution in [0.15, 0.2) is 0 Å². The number of nitrogens with zero attached hydrogens (tertiary/aromatic N) is 1. The van der Waals surface area contributed by atoms with Gasteiger partial charge in [0, 0.05) is 0 Å². The molecule has 1 aliphatic heterocycles. The maximum atomic E-state index is 11.7. The Kier molecular flexibility index (Phi) is 12.4. The van der Waals surface area contributed by atoms with Crippen LogP contribution in [-0.2, 0) is 9.53 Å². The number of esters is 1. The largest absolute Gasteiger partial charge is 1.00 e. The zero-order chi connectivity index (χ0) is 14.3. The van der Waals surface area contributed by atoms with Gasteiger partial charge in [-0.25, -0.2) is 0 Å². The van der Waals surface area contributed by atoms with Crippen LogP contribution in [0.25, 0.3) is 0 Å². The minimum atomic E-state index is -3.67. The first-order valence-corrected chi connectivity index (χ1v) is 5.82. The van der Waals surface area contributed by atoms with Crippen molar-refractivity contribution in [3.8, 4) is 0 Å². The van der Waals surface area contributed by atoms with E-state index in [9.17, 15) is 17.7 Å². The molecule has 106 valence electrons. The summed E-state index contributed by atoms with van der Waals surface area (Å²) >= 11 is 0. The van der Waals surface area contributed by atoms with Crippen LogP contribution in [0.1, 0.15) is 33.6 Å². The third-order valence-electron chi connectivity index (χ3n) is 2.33. The topological polar surface area (TPSA) is 29.5 Å². The van der Waals surface area contributed by atoms with Crippen molar-refractivity contribution in [1.82, 2.24) is 4.90 Å². The van der Waals surface area contributed by atoms with Crippen molar-refractivity contribution in [2.45, 2.75) is 39.2 Å². The number of likely N-dealkylation sites (tertiary alicyclic amines) is 1. The van der Waals surface area contributed by atoms with E-state index in [1.807, 2.05) is 25.7 Å². The van der Waals surface area contributed by atoms with E-state index in [0.29, 0.717) is 0 Å². The SMILES string of the molecule is FB(F)F.[CH2-]N1CCC(C(=O)OC(C)(C)C)CC1.[K+]. The van der Waals surface area contributed by atoms with Gasteiger partial charge >= 0.3 is 64.9 Å². The molecule has 0 radical (unpaired) electrons. The molecule has 0 spiro atoms. The number of piperidine rings is 1. The van der Waals surface area contributed by atoms with Crippen LogP contribution in [0.5, 0.6) is 0 Å². The molecule has 0 amide bonds. The molecule has 0 saturated carbocycles. The van der Waals surface area contributed by atoms with Crippen molar-refractivity contribution >= 4 is 13.5 Å². The molecule has 1 rings (SSSR count). The summed E-state index contributed by atoms with van der Waals surface area (Å²) in [5.74, 6) is 0.0258. The van der Waals surface area contributed by atoms with E-state index >= 15 is 0 Å². The second-order valence-corrected chi connectivity index (χ2v) is 5.17. The summed E-state index contributed by atoms with van der Waals surface area (Å²) in [7, 11) is 0.180. The Bertz CT molecular complexity index is 254. The molecule has 0 atom stereocenters. The third-order valence-corrected chi connectivity index (χ3v) is 2.33. The first kappa shape index (κ1) is 22.2. The van der Waals surface area contributed by atoms with E-state index in [4.69, 9.17) is 4.74 Å². The molecule has 8 heteroatoms. The number of halogens is 3. The quantitative estimate of drug-likeness (QED) is 0.379. The summed E-state index contributed by atoms with van der Waals surface area (Å²) in [6, 6.07) is 0. The molecule has 0 bridgehead atoms. The van der Waals surface area contributed by atoms with Crippen molar-refractivity contribution in [3.63, 3.8) is 0 Å². The molecule has 1 saturated heterocycles. The van der Waals surface area contributed by atoms with Gasteiger partial charge in [0.25, 0.3) is 0 Å². The second kappa shape index (κ2) is 10.6. The van der Waals surface area contributed by atoms with Crippen molar-refractivity contribution in [3.05, 3.63) is 7.05 Å². The van der Waals surface area contributed by atoms with Crippen molar-refractivity contribution < 1.29 is 73.9 Å². The molecule has 0 aromatic rings. The zero-order valence-corrected chi connectivity index (χ0v) is 15.2. The van der Waals surface area contributed by atoms with Crippen LogP contribution >= 0.6 is 0 Å². The predicted molar refractivity (Wildman–Crippen MR) is 64.6 cm³/mol. The summed E-state index contributed by atoms with van der Waals surface area (Å²) in [5, 5.41) is 0. The number of rotatable bonds is 1. The fraction of sp³-hybridized carbons (Fsp3) is 0.818. The third kappa shape index (κ3) is 13.7. The fourth-order valence-corrected chi connectivity index (χ4v) is 1.55. The number of hydrogen-bond acceptors (Lipinski definition) is 3. The number of hydrogen-bond donors (Lipinski definition) is 0. The molecule has 1 heterocycles. The molecular weight excluding hydrogens is 285 g/mol. The van der Waals surface area contributed by atoms with Gasteiger partial charge in [-0.15, -0.1) is 0 Å². The second-order valence-electron chi connectivity index (χ2n) is 5.17. The van der Waals surface area contributed by atoms with Crippen LogP contribution in [-0.4, -0.2) is 37.1 Å². The van der Waals surface area contributed by atoms with Gasteiger partial charge in [-0.1, -0.05) is 0 Å². The van der Waals surface area contributed by atoms with E-state index in [2.05, 4.69) is 7.05 Å². The monoisotopic (exact) mass is 305 g/mol. The average Bonchev–Trinajstić information content (AvgIpc) is 2.14. The van der Waals surface area contributed by atoms with Gasteiger partial charge in [0.15, 0.2) is 0 Å². The Morgan fingerprint density at radius 2 is 1.63 bits per heavy atom. The number of ether oxygens (including phenoxy) is 1. The Hall–Kier alpha value is 0.921. The molecule has 3 nitrogen and oxygen atoms in total. The normalized spacial score (nSPS) is 16.8. The number of carbonyl (C=O) groups is 1. The van der Waals surface area contributed by atoms with Crippen LogP contribution in [0, 0.1) is 13.0 Å². The fourth-order valence-electron chi connectivity index (χ4n) is 1.55. The minimum absolute atomic E-state index is 0. The van der Waals surface area contributed by atoms with Gasteiger partial charge in [-0.05, 0) is 46.7 Å². The summed E-state index contributed by atoms with van der Waals surface area (Å²) in [6.45, 7) is 7.50. The standard InChI is InChI=1S/C11H20NO2.BF3.K/c1-11(2,3)14-10(13)9-5-7-12(4)8-6-9;2-1(3)4;/h9H,4-8H2,1-3H3;;/q-1;;+1. The van der Waals surface area contributed by atoms with E-state index < -0.39 is 7.54 Å². The van der Waals surface area contributed by atoms with Crippen LogP contribution < -0.4 is 51.4 Å². The van der Waals surface area contributed by atoms with Gasteiger partial charge in [0.1, 0.15) is 5.60 Å². The van der Waals surface area contributed by atoms with Crippen molar-refractivity contribution in [1.29, 1.82) is 0 Å². The molecule has 1 fully saturated rings. The van der Waals surface area contributed by atoms with Crippen LogP contribution in [0.3, 0.4) is 0 Å². The van der Waals surface area contributed by atoms with Gasteiger partial charge in [0.05, 0.1) is 5.92 Å². The molecule has 1 aliphatic rings. The van der Waals surface area contributed by atoms with E-state index in [-0.39, 0.29) is 68.9 Å². The maximum absolute atomic E-state index is 11.7. The summed E-state index contributed by atoms with van der Waals surface area (Å²) in [4.78, 5) is 13.7. The Morgan fingerprint density at radius 3 is 1.95 bits per heavy atom. The minimum Gasteiger partial charge on any atom is -0.460 e. The average molecular weight is 305 g/mol. The molecule has 19 heavy (non-hydrogen) atoms. The smallest absolute Gasteiger partial charge is 0.460 e. The summed E-state index contributed by atoms with van der Waals surface area (Å²) in [6.07, 6.45) is 1.75. The summed E-state index contributed by atoms with van der Waals surface area (Å²) in [5.41, 5.74) is -0.362. The van der Waals surface area contributed by atoms with Gasteiger partial charge in [-0.2, -0.15) is 0 Å². The van der Waals surface area contributed by atoms with Gasteiger partial charge in [-0.3, -0.25) is 24.8 Å². The van der Waals surface area contributed by atoms with Gasteiger partial charge in [0.2, 0.25) is 0 Å². The molecule has 0 aromatic carbocycles. The number of carbonyl (C=O) groups excluding carboxylic acids is 1. The Balaban J connectivity index is 0. The van der Waals surface area contributed by atoms with Crippen molar-refractivity contribution in [2.75, 3.05) is 13.1 Å². The van der Waals surface area contributed by atoms with E-state index in [0.717, 1.165) is 25.9 Å². The first-order valence-electron chi connectivity index (χ1n) is 5.82. The maximum Gasteiger partial charge on any atom is 1.00 e. The van der Waals surface area contributed by atoms with E-state index in [1.54, 1.807) is 0 Å². The Morgan fingerprint density at radius 1 is 1.26 bits per heavy atom.